The molecule has 0 bridgehead atoms. The summed E-state index contributed by atoms with van der Waals surface area (Å²) >= 11 is 0. The van der Waals surface area contributed by atoms with Crippen LogP contribution in [0.2, 0.25) is 0 Å². The molecule has 3 rings (SSSR count). The number of nitrogens with one attached hydrogen (secondary N) is 1. The van der Waals surface area contributed by atoms with Crippen LogP contribution >= 0.6 is 0 Å². The fourth-order valence-electron chi connectivity index (χ4n) is 2.82. The van der Waals surface area contributed by atoms with Gasteiger partial charge in [-0.1, -0.05) is 36.2 Å². The molecule has 0 atom stereocenters. The zero-order valence-corrected chi connectivity index (χ0v) is 16.7. The van der Waals surface area contributed by atoms with Crippen LogP contribution < -0.4 is 5.32 Å². The number of hydrogen-bond acceptors (Lipinski definition) is 5. The summed E-state index contributed by atoms with van der Waals surface area (Å²) in [5.74, 6) is -0.191. The second kappa shape index (κ2) is 7.90. The van der Waals surface area contributed by atoms with Crippen LogP contribution in [-0.4, -0.2) is 30.3 Å². The molecule has 1 amide bonds. The Morgan fingerprint density at radius 3 is 2.11 bits per heavy atom. The van der Waals surface area contributed by atoms with Gasteiger partial charge in [-0.25, -0.2) is 8.42 Å². The van der Waals surface area contributed by atoms with Crippen LogP contribution in [0.3, 0.4) is 0 Å². The van der Waals surface area contributed by atoms with Crippen LogP contribution in [0.25, 0.3) is 11.3 Å². The molecule has 0 aliphatic carbocycles. The molecule has 1 N–H and O–H groups in total. The monoisotopic (exact) mass is 395 g/mol. The standard InChI is InChI=1S/C21H21N3O3S/c1-4-28(26,27)20-10-9-19(23-24-20)16-5-7-18(8-6-16)22-21(25)17-12-14(2)11-15(3)13-17/h5-13H,4H2,1-3H3,(H,22,25). The minimum Gasteiger partial charge on any atom is -0.322 e. The van der Waals surface area contributed by atoms with E-state index in [0.29, 0.717) is 16.9 Å². The number of hydrogen-bond donors (Lipinski definition) is 1. The van der Waals surface area contributed by atoms with Gasteiger partial charge in [0.15, 0.2) is 14.9 Å². The summed E-state index contributed by atoms with van der Waals surface area (Å²) in [7, 11) is -3.37. The highest BCUT2D eigenvalue weighted by atomic mass is 32.2. The smallest absolute Gasteiger partial charge is 0.255 e. The quantitative estimate of drug-likeness (QED) is 0.710. The summed E-state index contributed by atoms with van der Waals surface area (Å²) in [5, 5.41) is 10.7. The third-order valence-corrected chi connectivity index (χ3v) is 5.88. The van der Waals surface area contributed by atoms with Crippen LogP contribution in [0.15, 0.2) is 59.6 Å². The first-order valence-electron chi connectivity index (χ1n) is 8.85. The fraction of sp³-hybridized carbons (Fsp3) is 0.190. The number of aryl methyl sites for hydroxylation is 2. The lowest BCUT2D eigenvalue weighted by Gasteiger charge is -2.08. The van der Waals surface area contributed by atoms with Gasteiger partial charge in [-0.05, 0) is 50.2 Å². The Hall–Kier alpha value is -3.06. The molecular formula is C21H21N3O3S. The summed E-state index contributed by atoms with van der Waals surface area (Å²) in [6.07, 6.45) is 0. The molecule has 1 heterocycles. The molecule has 0 spiro atoms. The molecule has 0 saturated heterocycles. The number of sulfone groups is 1. The maximum absolute atomic E-state index is 12.4. The lowest BCUT2D eigenvalue weighted by Crippen LogP contribution is -2.12. The van der Waals surface area contributed by atoms with Crippen molar-refractivity contribution in [3.05, 3.63) is 71.3 Å². The number of carbonyl (C=O) groups excluding carboxylic acids is 1. The van der Waals surface area contributed by atoms with Crippen LogP contribution in [0.1, 0.15) is 28.4 Å². The van der Waals surface area contributed by atoms with Gasteiger partial charge in [-0.3, -0.25) is 4.79 Å². The van der Waals surface area contributed by atoms with E-state index in [2.05, 4.69) is 15.5 Å². The van der Waals surface area contributed by atoms with E-state index in [1.54, 1.807) is 37.3 Å². The number of anilines is 1. The van der Waals surface area contributed by atoms with E-state index in [1.807, 2.05) is 32.0 Å². The number of aromatic nitrogens is 2. The van der Waals surface area contributed by atoms with Crippen molar-refractivity contribution in [1.82, 2.24) is 10.2 Å². The van der Waals surface area contributed by atoms with Gasteiger partial charge in [0, 0.05) is 16.8 Å². The molecule has 7 heteroatoms. The number of rotatable bonds is 5. The van der Waals surface area contributed by atoms with Gasteiger partial charge >= 0.3 is 0 Å². The first-order chi connectivity index (χ1) is 13.3. The summed E-state index contributed by atoms with van der Waals surface area (Å²) < 4.78 is 23.6. The van der Waals surface area contributed by atoms with Crippen molar-refractivity contribution in [1.29, 1.82) is 0 Å². The van der Waals surface area contributed by atoms with Gasteiger partial charge in [0.05, 0.1) is 11.4 Å². The van der Waals surface area contributed by atoms with Gasteiger partial charge in [0.25, 0.3) is 5.91 Å². The minimum atomic E-state index is -3.37. The lowest BCUT2D eigenvalue weighted by molar-refractivity contribution is 0.102. The zero-order valence-electron chi connectivity index (χ0n) is 15.9. The molecular weight excluding hydrogens is 374 g/mol. The van der Waals surface area contributed by atoms with E-state index < -0.39 is 9.84 Å². The normalized spacial score (nSPS) is 11.2. The summed E-state index contributed by atoms with van der Waals surface area (Å²) in [4.78, 5) is 12.4. The van der Waals surface area contributed by atoms with Crippen LogP contribution in [0.4, 0.5) is 5.69 Å². The minimum absolute atomic E-state index is 0.0180. The largest absolute Gasteiger partial charge is 0.322 e. The van der Waals surface area contributed by atoms with Crippen molar-refractivity contribution in [3.8, 4) is 11.3 Å². The van der Waals surface area contributed by atoms with E-state index in [-0.39, 0.29) is 16.7 Å². The highest BCUT2D eigenvalue weighted by molar-refractivity contribution is 7.91. The summed E-state index contributed by atoms with van der Waals surface area (Å²) in [5.41, 5.74) is 4.67. The molecule has 0 aliphatic rings. The van der Waals surface area contributed by atoms with Crippen LogP contribution in [-0.2, 0) is 9.84 Å². The highest BCUT2D eigenvalue weighted by Gasteiger charge is 2.14. The van der Waals surface area contributed by atoms with Gasteiger partial charge in [-0.15, -0.1) is 10.2 Å². The summed E-state index contributed by atoms with van der Waals surface area (Å²) in [6, 6.07) is 15.9. The Morgan fingerprint density at radius 2 is 1.57 bits per heavy atom. The molecule has 0 unspecified atom stereocenters. The number of amides is 1. The first kappa shape index (κ1) is 19.7. The molecule has 2 aromatic carbocycles. The Labute approximate surface area is 164 Å². The van der Waals surface area contributed by atoms with Gasteiger partial charge in [0.1, 0.15) is 0 Å². The highest BCUT2D eigenvalue weighted by Crippen LogP contribution is 2.21. The maximum atomic E-state index is 12.4. The third kappa shape index (κ3) is 4.43. The van der Waals surface area contributed by atoms with E-state index in [1.165, 1.54) is 6.07 Å². The van der Waals surface area contributed by atoms with Crippen molar-refractivity contribution >= 4 is 21.4 Å². The maximum Gasteiger partial charge on any atom is 0.255 e. The molecule has 0 aliphatic heterocycles. The molecule has 144 valence electrons. The van der Waals surface area contributed by atoms with E-state index in [0.717, 1.165) is 16.7 Å². The van der Waals surface area contributed by atoms with Gasteiger partial charge in [0.2, 0.25) is 0 Å². The zero-order chi connectivity index (χ0) is 20.3. The van der Waals surface area contributed by atoms with E-state index in [4.69, 9.17) is 0 Å². The van der Waals surface area contributed by atoms with Crippen LogP contribution in [0.5, 0.6) is 0 Å². The SMILES string of the molecule is CCS(=O)(=O)c1ccc(-c2ccc(NC(=O)c3cc(C)cc(C)c3)cc2)nn1. The molecule has 28 heavy (non-hydrogen) atoms. The average molecular weight is 395 g/mol. The molecule has 0 saturated carbocycles. The van der Waals surface area contributed by atoms with Crippen molar-refractivity contribution in [3.63, 3.8) is 0 Å². The second-order valence-corrected chi connectivity index (χ2v) is 8.79. The van der Waals surface area contributed by atoms with Crippen LogP contribution in [0, 0.1) is 13.8 Å². The van der Waals surface area contributed by atoms with Crippen molar-refractivity contribution in [2.75, 3.05) is 11.1 Å². The Bertz CT molecular complexity index is 1090. The number of nitrogens with zero attached hydrogens (tertiary/aromatic N) is 2. The van der Waals surface area contributed by atoms with Crippen molar-refractivity contribution in [2.45, 2.75) is 25.8 Å². The van der Waals surface area contributed by atoms with Crippen molar-refractivity contribution in [2.24, 2.45) is 0 Å². The Morgan fingerprint density at radius 1 is 0.929 bits per heavy atom. The lowest BCUT2D eigenvalue weighted by atomic mass is 10.1. The van der Waals surface area contributed by atoms with E-state index >= 15 is 0 Å². The Kier molecular flexibility index (Phi) is 5.56. The van der Waals surface area contributed by atoms with Crippen molar-refractivity contribution < 1.29 is 13.2 Å². The molecule has 1 aromatic heterocycles. The molecule has 0 fully saturated rings. The average Bonchev–Trinajstić information content (AvgIpc) is 2.68. The molecule has 3 aromatic rings. The predicted octanol–water partition coefficient (Wildman–Crippen LogP) is 3.81. The molecule has 0 radical (unpaired) electrons. The van der Waals surface area contributed by atoms with Gasteiger partial charge in [-0.2, -0.15) is 0 Å². The Balaban J connectivity index is 1.75. The number of benzene rings is 2. The second-order valence-electron chi connectivity index (χ2n) is 6.57. The fourth-order valence-corrected chi connectivity index (χ4v) is 3.56. The van der Waals surface area contributed by atoms with E-state index in [9.17, 15) is 13.2 Å². The topological polar surface area (TPSA) is 89.0 Å². The predicted molar refractivity (Wildman–Crippen MR) is 109 cm³/mol. The van der Waals surface area contributed by atoms with Gasteiger partial charge < -0.3 is 5.32 Å². The molecule has 6 nitrogen and oxygen atoms in total. The first-order valence-corrected chi connectivity index (χ1v) is 10.5. The number of carbonyl (C=O) groups is 1. The third-order valence-electron chi connectivity index (χ3n) is 4.26. The summed E-state index contributed by atoms with van der Waals surface area (Å²) in [6.45, 7) is 5.48.